The molecule has 1 aliphatic heterocycles. The first-order valence-corrected chi connectivity index (χ1v) is 8.32. The molecule has 25 heavy (non-hydrogen) atoms. The molecule has 0 atom stereocenters. The largest absolute Gasteiger partial charge is 0.378 e. The van der Waals surface area contributed by atoms with E-state index in [-0.39, 0.29) is 0 Å². The summed E-state index contributed by atoms with van der Waals surface area (Å²) in [5, 5.41) is 3.28. The highest BCUT2D eigenvalue weighted by molar-refractivity contribution is 5.65. The minimum Gasteiger partial charge on any atom is -0.378 e. The SMILES string of the molecule is c1ccc(Nc2cc(-c3ccc(N4CCOCC4)nc3)ncn2)cc1. The summed E-state index contributed by atoms with van der Waals surface area (Å²) in [6.07, 6.45) is 3.43. The molecule has 1 N–H and O–H groups in total. The Morgan fingerprint density at radius 3 is 2.52 bits per heavy atom. The fraction of sp³-hybridized carbons (Fsp3) is 0.211. The molecule has 1 saturated heterocycles. The summed E-state index contributed by atoms with van der Waals surface area (Å²) in [6.45, 7) is 3.27. The van der Waals surface area contributed by atoms with Crippen LogP contribution in [0.15, 0.2) is 61.1 Å². The normalized spacial score (nSPS) is 14.3. The van der Waals surface area contributed by atoms with Gasteiger partial charge in [0.05, 0.1) is 18.9 Å². The minimum atomic E-state index is 0.754. The molecular formula is C19H19N5O. The van der Waals surface area contributed by atoms with Crippen LogP contribution in [-0.2, 0) is 4.74 Å². The van der Waals surface area contributed by atoms with Gasteiger partial charge in [-0.15, -0.1) is 0 Å². The molecule has 0 radical (unpaired) electrons. The molecule has 4 rings (SSSR count). The van der Waals surface area contributed by atoms with Crippen LogP contribution in [0.5, 0.6) is 0 Å². The molecule has 1 aromatic carbocycles. The number of para-hydroxylation sites is 1. The van der Waals surface area contributed by atoms with Gasteiger partial charge < -0.3 is 15.0 Å². The van der Waals surface area contributed by atoms with Gasteiger partial charge in [-0.05, 0) is 24.3 Å². The van der Waals surface area contributed by atoms with E-state index in [1.165, 1.54) is 0 Å². The molecule has 6 heteroatoms. The number of hydrogen-bond acceptors (Lipinski definition) is 6. The van der Waals surface area contributed by atoms with E-state index in [9.17, 15) is 0 Å². The van der Waals surface area contributed by atoms with E-state index in [0.29, 0.717) is 0 Å². The zero-order valence-corrected chi connectivity index (χ0v) is 13.8. The van der Waals surface area contributed by atoms with E-state index < -0.39 is 0 Å². The first kappa shape index (κ1) is 15.5. The van der Waals surface area contributed by atoms with E-state index >= 15 is 0 Å². The second-order valence-corrected chi connectivity index (χ2v) is 5.78. The summed E-state index contributed by atoms with van der Waals surface area (Å²) < 4.78 is 5.38. The summed E-state index contributed by atoms with van der Waals surface area (Å²) in [7, 11) is 0. The second-order valence-electron chi connectivity index (χ2n) is 5.78. The van der Waals surface area contributed by atoms with Crippen LogP contribution in [0.1, 0.15) is 0 Å². The number of ether oxygens (including phenoxy) is 1. The van der Waals surface area contributed by atoms with E-state index in [1.54, 1.807) is 6.33 Å². The number of rotatable bonds is 4. The highest BCUT2D eigenvalue weighted by Crippen LogP contribution is 2.22. The van der Waals surface area contributed by atoms with Gasteiger partial charge >= 0.3 is 0 Å². The number of aromatic nitrogens is 3. The van der Waals surface area contributed by atoms with Crippen LogP contribution in [0.2, 0.25) is 0 Å². The molecule has 0 unspecified atom stereocenters. The highest BCUT2D eigenvalue weighted by atomic mass is 16.5. The Morgan fingerprint density at radius 1 is 0.920 bits per heavy atom. The van der Waals surface area contributed by atoms with Gasteiger partial charge in [0.15, 0.2) is 0 Å². The zero-order chi connectivity index (χ0) is 16.9. The van der Waals surface area contributed by atoms with Gasteiger partial charge in [-0.1, -0.05) is 18.2 Å². The molecule has 1 aliphatic rings. The molecule has 1 fully saturated rings. The van der Waals surface area contributed by atoms with E-state index in [0.717, 1.165) is 54.9 Å². The molecule has 3 aromatic rings. The first-order chi connectivity index (χ1) is 12.4. The molecule has 0 saturated carbocycles. The fourth-order valence-electron chi connectivity index (χ4n) is 2.77. The third kappa shape index (κ3) is 3.75. The third-order valence-electron chi connectivity index (χ3n) is 4.09. The van der Waals surface area contributed by atoms with Gasteiger partial charge in [0.25, 0.3) is 0 Å². The van der Waals surface area contributed by atoms with Crippen molar-refractivity contribution >= 4 is 17.3 Å². The van der Waals surface area contributed by atoms with Gasteiger partial charge in [0.1, 0.15) is 18.0 Å². The predicted octanol–water partition coefficient (Wildman–Crippen LogP) is 3.12. The molecule has 126 valence electrons. The number of benzene rings is 1. The lowest BCUT2D eigenvalue weighted by molar-refractivity contribution is 0.122. The Kier molecular flexibility index (Phi) is 4.52. The summed E-state index contributed by atoms with van der Waals surface area (Å²) >= 11 is 0. The maximum atomic E-state index is 5.38. The van der Waals surface area contributed by atoms with Crippen molar-refractivity contribution in [1.82, 2.24) is 15.0 Å². The number of pyridine rings is 1. The Hall–Kier alpha value is -2.99. The van der Waals surface area contributed by atoms with Crippen molar-refractivity contribution in [2.75, 3.05) is 36.5 Å². The molecule has 0 bridgehead atoms. The first-order valence-electron chi connectivity index (χ1n) is 8.32. The van der Waals surface area contributed by atoms with Gasteiger partial charge in [-0.3, -0.25) is 0 Å². The predicted molar refractivity (Wildman–Crippen MR) is 98.0 cm³/mol. The van der Waals surface area contributed by atoms with Gasteiger partial charge in [0.2, 0.25) is 0 Å². The highest BCUT2D eigenvalue weighted by Gasteiger charge is 2.12. The van der Waals surface area contributed by atoms with E-state index in [4.69, 9.17) is 4.74 Å². The maximum absolute atomic E-state index is 5.38. The Labute approximate surface area is 146 Å². The number of morpholine rings is 1. The third-order valence-corrected chi connectivity index (χ3v) is 4.09. The van der Waals surface area contributed by atoms with Gasteiger partial charge in [0, 0.05) is 36.6 Å². The summed E-state index contributed by atoms with van der Waals surface area (Å²) in [5.41, 5.74) is 2.80. The van der Waals surface area contributed by atoms with Crippen molar-refractivity contribution in [3.63, 3.8) is 0 Å². The van der Waals surface area contributed by atoms with Crippen LogP contribution in [0, 0.1) is 0 Å². The van der Waals surface area contributed by atoms with Gasteiger partial charge in [-0.25, -0.2) is 15.0 Å². The Morgan fingerprint density at radius 2 is 1.76 bits per heavy atom. The summed E-state index contributed by atoms with van der Waals surface area (Å²) in [5.74, 6) is 1.73. The molecule has 3 heterocycles. The van der Waals surface area contributed by atoms with Crippen LogP contribution in [0.25, 0.3) is 11.3 Å². The van der Waals surface area contributed by atoms with Crippen LogP contribution in [-0.4, -0.2) is 41.3 Å². The minimum absolute atomic E-state index is 0.754. The molecule has 0 aliphatic carbocycles. The van der Waals surface area contributed by atoms with Crippen molar-refractivity contribution in [2.24, 2.45) is 0 Å². The Bertz CT molecular complexity index is 817. The molecule has 2 aromatic heterocycles. The van der Waals surface area contributed by atoms with Gasteiger partial charge in [-0.2, -0.15) is 0 Å². The fourth-order valence-corrected chi connectivity index (χ4v) is 2.77. The number of hydrogen-bond donors (Lipinski definition) is 1. The van der Waals surface area contributed by atoms with Crippen molar-refractivity contribution in [2.45, 2.75) is 0 Å². The molecule has 0 spiro atoms. The lowest BCUT2D eigenvalue weighted by Gasteiger charge is -2.27. The van der Waals surface area contributed by atoms with Crippen LogP contribution in [0.3, 0.4) is 0 Å². The standard InChI is InChI=1S/C19H19N5O/c1-2-4-16(5-3-1)23-18-12-17(21-14-22-18)15-6-7-19(20-13-15)24-8-10-25-11-9-24/h1-7,12-14H,8-11H2,(H,21,22,23). The van der Waals surface area contributed by atoms with Crippen molar-refractivity contribution in [1.29, 1.82) is 0 Å². The van der Waals surface area contributed by atoms with Crippen LogP contribution in [0.4, 0.5) is 17.3 Å². The second kappa shape index (κ2) is 7.27. The maximum Gasteiger partial charge on any atom is 0.134 e. The average molecular weight is 333 g/mol. The van der Waals surface area contributed by atoms with Crippen molar-refractivity contribution in [3.05, 3.63) is 61.1 Å². The smallest absolute Gasteiger partial charge is 0.134 e. The Balaban J connectivity index is 1.52. The number of anilines is 3. The molecule has 6 nitrogen and oxygen atoms in total. The van der Waals surface area contributed by atoms with E-state index in [2.05, 4.69) is 25.2 Å². The lowest BCUT2D eigenvalue weighted by Crippen LogP contribution is -2.36. The van der Waals surface area contributed by atoms with Crippen molar-refractivity contribution < 1.29 is 4.74 Å². The van der Waals surface area contributed by atoms with Crippen LogP contribution >= 0.6 is 0 Å². The topological polar surface area (TPSA) is 63.2 Å². The zero-order valence-electron chi connectivity index (χ0n) is 13.8. The van der Waals surface area contributed by atoms with E-state index in [1.807, 2.05) is 54.7 Å². The monoisotopic (exact) mass is 333 g/mol. The van der Waals surface area contributed by atoms with Crippen molar-refractivity contribution in [3.8, 4) is 11.3 Å². The quantitative estimate of drug-likeness (QED) is 0.791. The summed E-state index contributed by atoms with van der Waals surface area (Å²) in [4.78, 5) is 15.5. The summed E-state index contributed by atoms with van der Waals surface area (Å²) in [6, 6.07) is 16.0. The lowest BCUT2D eigenvalue weighted by atomic mass is 10.2. The number of nitrogens with one attached hydrogen (secondary N) is 1. The number of nitrogens with zero attached hydrogens (tertiary/aromatic N) is 4. The molecule has 0 amide bonds. The average Bonchev–Trinajstić information content (AvgIpc) is 2.70. The van der Waals surface area contributed by atoms with Crippen LogP contribution < -0.4 is 10.2 Å². The molecular weight excluding hydrogens is 314 g/mol.